The van der Waals surface area contributed by atoms with Crippen LogP contribution >= 0.6 is 15.9 Å². The number of rotatable bonds is 2. The van der Waals surface area contributed by atoms with Gasteiger partial charge in [-0.3, -0.25) is 0 Å². The van der Waals surface area contributed by atoms with Crippen molar-refractivity contribution in [3.63, 3.8) is 0 Å². The number of piperidine rings is 1. The molecular weight excluding hydrogens is 321 g/mol. The van der Waals surface area contributed by atoms with Crippen LogP contribution in [0.3, 0.4) is 0 Å². The van der Waals surface area contributed by atoms with Gasteiger partial charge in [0.05, 0.1) is 11.6 Å². The lowest BCUT2D eigenvalue weighted by atomic mass is 9.97. The van der Waals surface area contributed by atoms with Gasteiger partial charge in [-0.1, -0.05) is 6.07 Å². The third-order valence-electron chi connectivity index (χ3n) is 3.47. The van der Waals surface area contributed by atoms with Crippen LogP contribution < -0.4 is 10.6 Å². The largest absolute Gasteiger partial charge is 0.393 e. The van der Waals surface area contributed by atoms with Gasteiger partial charge in [0.15, 0.2) is 0 Å². The van der Waals surface area contributed by atoms with Crippen molar-refractivity contribution < 1.29 is 13.2 Å². The first kappa shape index (κ1) is 14.7. The van der Waals surface area contributed by atoms with E-state index in [0.29, 0.717) is 19.5 Å². The fourth-order valence-electron chi connectivity index (χ4n) is 2.40. The second-order valence-corrected chi connectivity index (χ2v) is 5.67. The first-order chi connectivity index (χ1) is 8.91. The van der Waals surface area contributed by atoms with Crippen molar-refractivity contribution in [1.82, 2.24) is 0 Å². The molecule has 0 saturated carbocycles. The van der Waals surface area contributed by atoms with Gasteiger partial charge in [-0.05, 0) is 46.5 Å². The van der Waals surface area contributed by atoms with E-state index >= 15 is 0 Å². The molecule has 1 unspecified atom stereocenters. The predicted octanol–water partition coefficient (Wildman–Crippen LogP) is 3.69. The summed E-state index contributed by atoms with van der Waals surface area (Å²) in [5.74, 6) is -1.23. The summed E-state index contributed by atoms with van der Waals surface area (Å²) in [6, 6.07) is 5.56. The summed E-state index contributed by atoms with van der Waals surface area (Å²) in [4.78, 5) is 1.80. The Hall–Kier alpha value is -0.750. The number of nitrogens with two attached hydrogens (primary N) is 1. The highest BCUT2D eigenvalue weighted by Crippen LogP contribution is 2.36. The summed E-state index contributed by atoms with van der Waals surface area (Å²) in [5.41, 5.74) is 7.31. The molecule has 106 valence electrons. The monoisotopic (exact) mass is 336 g/mol. The molecule has 2 nitrogen and oxygen atoms in total. The third-order valence-corrected chi connectivity index (χ3v) is 4.11. The number of hydrogen-bond acceptors (Lipinski definition) is 2. The zero-order chi connectivity index (χ0) is 14.0. The van der Waals surface area contributed by atoms with E-state index in [4.69, 9.17) is 5.73 Å². The Morgan fingerprint density at radius 3 is 2.68 bits per heavy atom. The van der Waals surface area contributed by atoms with Crippen LogP contribution in [0.15, 0.2) is 22.7 Å². The van der Waals surface area contributed by atoms with Crippen LogP contribution in [-0.2, 0) is 6.54 Å². The zero-order valence-corrected chi connectivity index (χ0v) is 12.0. The van der Waals surface area contributed by atoms with Gasteiger partial charge in [-0.2, -0.15) is 13.2 Å². The molecule has 0 radical (unpaired) electrons. The Morgan fingerprint density at radius 1 is 1.37 bits per heavy atom. The molecule has 1 saturated heterocycles. The lowest BCUT2D eigenvalue weighted by molar-refractivity contribution is -0.175. The molecule has 0 amide bonds. The van der Waals surface area contributed by atoms with Crippen molar-refractivity contribution in [2.45, 2.75) is 25.6 Å². The van der Waals surface area contributed by atoms with Crippen LogP contribution in [0.1, 0.15) is 18.4 Å². The number of alkyl halides is 3. The fourth-order valence-corrected chi connectivity index (χ4v) is 3.07. The summed E-state index contributed by atoms with van der Waals surface area (Å²) >= 11 is 3.42. The summed E-state index contributed by atoms with van der Waals surface area (Å²) in [6.45, 7) is 1.11. The Balaban J connectivity index is 2.17. The van der Waals surface area contributed by atoms with Crippen LogP contribution in [0.25, 0.3) is 0 Å². The number of anilines is 1. The molecule has 19 heavy (non-hydrogen) atoms. The summed E-state index contributed by atoms with van der Waals surface area (Å²) < 4.78 is 39.2. The SMILES string of the molecule is NCc1ccc(N2CCCC(C(F)(F)F)C2)c(Br)c1. The molecule has 0 aliphatic carbocycles. The van der Waals surface area contributed by atoms with E-state index in [9.17, 15) is 13.2 Å². The van der Waals surface area contributed by atoms with E-state index in [2.05, 4.69) is 15.9 Å². The number of benzene rings is 1. The molecule has 1 atom stereocenters. The molecule has 0 aromatic heterocycles. The van der Waals surface area contributed by atoms with E-state index in [1.165, 1.54) is 0 Å². The summed E-state index contributed by atoms with van der Waals surface area (Å²) in [7, 11) is 0. The molecule has 1 aromatic rings. The van der Waals surface area contributed by atoms with Crippen molar-refractivity contribution in [2.75, 3.05) is 18.0 Å². The van der Waals surface area contributed by atoms with Gasteiger partial charge in [0.2, 0.25) is 0 Å². The van der Waals surface area contributed by atoms with Gasteiger partial charge in [0.25, 0.3) is 0 Å². The second-order valence-electron chi connectivity index (χ2n) is 4.82. The van der Waals surface area contributed by atoms with Gasteiger partial charge >= 0.3 is 6.18 Å². The maximum Gasteiger partial charge on any atom is 0.393 e. The minimum Gasteiger partial charge on any atom is -0.370 e. The number of halogens is 4. The third kappa shape index (κ3) is 3.42. The van der Waals surface area contributed by atoms with Gasteiger partial charge in [0.1, 0.15) is 0 Å². The Morgan fingerprint density at radius 2 is 2.11 bits per heavy atom. The van der Waals surface area contributed by atoms with Gasteiger partial charge in [-0.15, -0.1) is 0 Å². The average molecular weight is 337 g/mol. The lowest BCUT2D eigenvalue weighted by Gasteiger charge is -2.35. The molecular formula is C13H16BrF3N2. The highest BCUT2D eigenvalue weighted by molar-refractivity contribution is 9.10. The van der Waals surface area contributed by atoms with Gasteiger partial charge < -0.3 is 10.6 Å². The van der Waals surface area contributed by atoms with Crippen molar-refractivity contribution >= 4 is 21.6 Å². The van der Waals surface area contributed by atoms with E-state index in [1.54, 1.807) is 4.90 Å². The Labute approximate surface area is 118 Å². The van der Waals surface area contributed by atoms with Crippen LogP contribution in [0.5, 0.6) is 0 Å². The Bertz CT molecular complexity index is 448. The molecule has 1 aliphatic heterocycles. The fraction of sp³-hybridized carbons (Fsp3) is 0.538. The van der Waals surface area contributed by atoms with E-state index in [-0.39, 0.29) is 13.0 Å². The number of hydrogen-bond donors (Lipinski definition) is 1. The molecule has 1 fully saturated rings. The molecule has 6 heteroatoms. The van der Waals surface area contributed by atoms with Crippen molar-refractivity contribution in [1.29, 1.82) is 0 Å². The Kier molecular flexibility index (Phi) is 4.40. The molecule has 0 bridgehead atoms. The topological polar surface area (TPSA) is 29.3 Å². The van der Waals surface area contributed by atoms with Gasteiger partial charge in [0, 0.05) is 24.1 Å². The van der Waals surface area contributed by atoms with Crippen LogP contribution in [-0.4, -0.2) is 19.3 Å². The molecule has 2 N–H and O–H groups in total. The minimum absolute atomic E-state index is 0.0318. The highest BCUT2D eigenvalue weighted by Gasteiger charge is 2.42. The molecule has 2 rings (SSSR count). The van der Waals surface area contributed by atoms with Gasteiger partial charge in [-0.25, -0.2) is 0 Å². The molecule has 1 aromatic carbocycles. The minimum atomic E-state index is -4.11. The summed E-state index contributed by atoms with van der Waals surface area (Å²) in [6.07, 6.45) is -3.32. The predicted molar refractivity (Wildman–Crippen MR) is 73.0 cm³/mol. The average Bonchev–Trinajstić information content (AvgIpc) is 2.37. The zero-order valence-electron chi connectivity index (χ0n) is 10.4. The van der Waals surface area contributed by atoms with Crippen LogP contribution in [0.4, 0.5) is 18.9 Å². The van der Waals surface area contributed by atoms with Crippen LogP contribution in [0.2, 0.25) is 0 Å². The molecule has 0 spiro atoms. The first-order valence-electron chi connectivity index (χ1n) is 6.22. The number of nitrogens with zero attached hydrogens (tertiary/aromatic N) is 1. The highest BCUT2D eigenvalue weighted by atomic mass is 79.9. The smallest absolute Gasteiger partial charge is 0.370 e. The van der Waals surface area contributed by atoms with Crippen molar-refractivity contribution in [3.8, 4) is 0 Å². The molecule has 1 heterocycles. The van der Waals surface area contributed by atoms with E-state index in [0.717, 1.165) is 15.7 Å². The van der Waals surface area contributed by atoms with E-state index < -0.39 is 12.1 Å². The van der Waals surface area contributed by atoms with Crippen LogP contribution in [0, 0.1) is 5.92 Å². The van der Waals surface area contributed by atoms with E-state index in [1.807, 2.05) is 18.2 Å². The lowest BCUT2D eigenvalue weighted by Crippen LogP contribution is -2.41. The second kappa shape index (κ2) is 5.71. The van der Waals surface area contributed by atoms with Crippen molar-refractivity contribution in [2.24, 2.45) is 11.7 Å². The summed E-state index contributed by atoms with van der Waals surface area (Å²) in [5, 5.41) is 0. The standard InChI is InChI=1S/C13H16BrF3N2/c14-11-6-9(7-18)3-4-12(11)19-5-1-2-10(8-19)13(15,16)17/h3-4,6,10H,1-2,5,7-8,18H2. The quantitative estimate of drug-likeness (QED) is 0.892. The van der Waals surface area contributed by atoms with Crippen molar-refractivity contribution in [3.05, 3.63) is 28.2 Å². The normalized spacial score (nSPS) is 20.7. The molecule has 1 aliphatic rings. The maximum atomic E-state index is 12.8. The first-order valence-corrected chi connectivity index (χ1v) is 7.01. The maximum absolute atomic E-state index is 12.8.